The van der Waals surface area contributed by atoms with Crippen molar-refractivity contribution < 1.29 is 78.1 Å². The zero-order valence-electron chi connectivity index (χ0n) is 17.3. The first-order valence-electron chi connectivity index (χ1n) is 8.71. The van der Waals surface area contributed by atoms with Gasteiger partial charge in [0.05, 0.1) is 0 Å². The highest BCUT2D eigenvalue weighted by molar-refractivity contribution is 7.82. The van der Waals surface area contributed by atoms with Crippen LogP contribution in [0, 0.1) is 0 Å². The highest BCUT2D eigenvalue weighted by Crippen LogP contribution is 2.40. The molecule has 0 radical (unpaired) electrons. The molecule has 0 spiro atoms. The van der Waals surface area contributed by atoms with Gasteiger partial charge in [-0.15, -0.1) is 0 Å². The van der Waals surface area contributed by atoms with E-state index in [0.29, 0.717) is 30.3 Å². The monoisotopic (exact) mass is 618 g/mol. The van der Waals surface area contributed by atoms with Gasteiger partial charge in [0.1, 0.15) is 22.5 Å². The maximum atomic E-state index is 12.9. The third-order valence-electron chi connectivity index (χ3n) is 3.88. The Morgan fingerprint density at radius 3 is 1.74 bits per heavy atom. The highest BCUT2D eigenvalue weighted by atomic mass is 32.3. The second kappa shape index (κ2) is 9.55. The van der Waals surface area contributed by atoms with E-state index in [1.165, 1.54) is 0 Å². The van der Waals surface area contributed by atoms with Crippen LogP contribution in [0.3, 0.4) is 0 Å². The van der Waals surface area contributed by atoms with E-state index in [-0.39, 0.29) is 0 Å². The lowest BCUT2D eigenvalue weighted by Crippen LogP contribution is -2.16. The van der Waals surface area contributed by atoms with Crippen LogP contribution in [0.4, 0.5) is 0 Å². The van der Waals surface area contributed by atoms with Crippen molar-refractivity contribution in [3.05, 3.63) is 40.6 Å². The number of benzene rings is 2. The van der Waals surface area contributed by atoms with Crippen molar-refractivity contribution in [3.63, 3.8) is 0 Å². The van der Waals surface area contributed by atoms with Crippen LogP contribution in [0.15, 0.2) is 39.5 Å². The molecular formula is C15H6O19S4-4. The molecule has 38 heavy (non-hydrogen) atoms. The van der Waals surface area contributed by atoms with Gasteiger partial charge in [0.2, 0.25) is 11.2 Å². The number of hydrogen-bond acceptors (Lipinski definition) is 19. The van der Waals surface area contributed by atoms with Gasteiger partial charge in [0, 0.05) is 17.7 Å². The molecule has 0 fully saturated rings. The van der Waals surface area contributed by atoms with Gasteiger partial charge in [-0.25, -0.2) is 33.7 Å². The molecule has 3 rings (SSSR count). The zero-order valence-corrected chi connectivity index (χ0v) is 20.6. The number of phenols is 1. The molecule has 19 nitrogen and oxygen atoms in total. The molecule has 0 saturated carbocycles. The first-order chi connectivity index (χ1) is 17.1. The van der Waals surface area contributed by atoms with Gasteiger partial charge in [-0.1, -0.05) is 0 Å². The molecule has 0 amide bonds. The van der Waals surface area contributed by atoms with Crippen molar-refractivity contribution in [1.82, 2.24) is 0 Å². The van der Waals surface area contributed by atoms with Crippen LogP contribution in [0.1, 0.15) is 0 Å². The Balaban J connectivity index is 2.40. The van der Waals surface area contributed by atoms with E-state index in [4.69, 9.17) is 4.42 Å². The van der Waals surface area contributed by atoms with Crippen molar-refractivity contribution in [3.8, 4) is 40.1 Å². The quantitative estimate of drug-likeness (QED) is 0.211. The molecule has 0 aliphatic carbocycles. The topological polar surface area (TPSA) is 316 Å². The smallest absolute Gasteiger partial charge is 0.262 e. The molecule has 0 saturated heterocycles. The van der Waals surface area contributed by atoms with Crippen molar-refractivity contribution in [2.24, 2.45) is 0 Å². The number of aromatic hydroxyl groups is 1. The molecule has 23 heteroatoms. The Bertz CT molecular complexity index is 1940. The van der Waals surface area contributed by atoms with Crippen LogP contribution in [-0.2, 0) is 41.6 Å². The molecular weight excluding hydrogens is 612 g/mol. The van der Waals surface area contributed by atoms with E-state index < -0.39 is 98.1 Å². The summed E-state index contributed by atoms with van der Waals surface area (Å²) in [5, 5.41) is 9.14. The van der Waals surface area contributed by atoms with Gasteiger partial charge < -0.3 is 44.5 Å². The van der Waals surface area contributed by atoms with E-state index in [1.54, 1.807) is 0 Å². The van der Waals surface area contributed by atoms with Crippen LogP contribution < -0.4 is 22.2 Å². The minimum absolute atomic E-state index is 0.354. The molecule has 0 bridgehead atoms. The number of fused-ring (bicyclic) bond motifs is 1. The first-order valence-corrected chi connectivity index (χ1v) is 14.0. The van der Waals surface area contributed by atoms with Crippen molar-refractivity contribution in [2.45, 2.75) is 0 Å². The summed E-state index contributed by atoms with van der Waals surface area (Å²) < 4.78 is 153. The lowest BCUT2D eigenvalue weighted by Gasteiger charge is -2.17. The first kappa shape index (κ1) is 28.9. The standard InChI is InChI=1S/C15H10O19S4/c16-8-4-7(31-35(18,19)20)5-11-12(8)13(17)15(34-38(27,28)29)14(30-11)6-1-2-9(32-36(21,22)23)10(3-6)33-37(24,25)26/h1-5,16H,(H,18,19,20)(H,21,22,23)(H,24,25,26)(H,27,28,29)/p-4. The molecule has 0 aliphatic heterocycles. The lowest BCUT2D eigenvalue weighted by atomic mass is 10.1. The molecule has 0 aliphatic rings. The second-order valence-electron chi connectivity index (χ2n) is 6.53. The van der Waals surface area contributed by atoms with E-state index >= 15 is 0 Å². The van der Waals surface area contributed by atoms with Crippen LogP contribution in [0.2, 0.25) is 0 Å². The molecule has 2 aromatic carbocycles. The predicted octanol–water partition coefficient (Wildman–Crippen LogP) is -1.48. The summed E-state index contributed by atoms with van der Waals surface area (Å²) in [6.45, 7) is 0. The largest absolute Gasteiger partial charge is 0.716 e. The summed E-state index contributed by atoms with van der Waals surface area (Å²) in [7, 11) is -22.5. The maximum Gasteiger partial charge on any atom is 0.262 e. The summed E-state index contributed by atoms with van der Waals surface area (Å²) in [5.41, 5.74) is -3.18. The fourth-order valence-corrected chi connectivity index (χ4v) is 4.19. The Labute approximate surface area is 211 Å². The summed E-state index contributed by atoms with van der Waals surface area (Å²) in [6, 6.07) is 2.43. The van der Waals surface area contributed by atoms with Gasteiger partial charge in [0.25, 0.3) is 41.6 Å². The minimum Gasteiger partial charge on any atom is -0.716 e. The fourth-order valence-electron chi connectivity index (χ4n) is 2.79. The summed E-state index contributed by atoms with van der Waals surface area (Å²) in [5.74, 6) is -7.22. The van der Waals surface area contributed by atoms with Crippen LogP contribution in [-0.4, -0.2) is 57.0 Å². The summed E-state index contributed by atoms with van der Waals surface area (Å²) in [6.07, 6.45) is 0. The van der Waals surface area contributed by atoms with Gasteiger partial charge >= 0.3 is 0 Å². The van der Waals surface area contributed by atoms with E-state index in [9.17, 15) is 61.8 Å². The van der Waals surface area contributed by atoms with E-state index in [0.717, 1.165) is 0 Å². The lowest BCUT2D eigenvalue weighted by molar-refractivity contribution is 0.348. The average Bonchev–Trinajstić information content (AvgIpc) is 2.66. The zero-order chi connectivity index (χ0) is 28.8. The van der Waals surface area contributed by atoms with Crippen molar-refractivity contribution in [2.75, 3.05) is 0 Å². The van der Waals surface area contributed by atoms with Crippen molar-refractivity contribution in [1.29, 1.82) is 0 Å². The third kappa shape index (κ3) is 7.42. The Hall–Kier alpha value is -3.71. The highest BCUT2D eigenvalue weighted by Gasteiger charge is 2.25. The molecule has 1 aromatic heterocycles. The van der Waals surface area contributed by atoms with Gasteiger partial charge in [-0.3, -0.25) is 4.79 Å². The molecule has 3 aromatic rings. The minimum atomic E-state index is -5.77. The summed E-state index contributed by atoms with van der Waals surface area (Å²) >= 11 is 0. The van der Waals surface area contributed by atoms with Crippen LogP contribution in [0.5, 0.6) is 28.7 Å². The molecule has 208 valence electrons. The Morgan fingerprint density at radius 1 is 0.684 bits per heavy atom. The number of rotatable bonds is 9. The van der Waals surface area contributed by atoms with Crippen molar-refractivity contribution >= 4 is 52.6 Å². The summed E-state index contributed by atoms with van der Waals surface area (Å²) in [4.78, 5) is 12.9. The SMILES string of the molecule is O=c1c(OS(=O)(=O)[O-])c(-c2ccc(OS(=O)(=O)[O-])c(OS(=O)(=O)[O-])c2)oc2cc(OS(=O)(=O)[O-])cc(O)c12. The molecule has 0 unspecified atom stereocenters. The molecule has 0 atom stereocenters. The van der Waals surface area contributed by atoms with E-state index in [2.05, 4.69) is 16.7 Å². The Kier molecular flexibility index (Phi) is 7.25. The Morgan fingerprint density at radius 2 is 1.21 bits per heavy atom. The van der Waals surface area contributed by atoms with Gasteiger partial charge in [-0.05, 0) is 18.2 Å². The van der Waals surface area contributed by atoms with Gasteiger partial charge in [0.15, 0.2) is 17.3 Å². The maximum absolute atomic E-state index is 12.9. The predicted molar refractivity (Wildman–Crippen MR) is 111 cm³/mol. The van der Waals surface area contributed by atoms with E-state index in [1.807, 2.05) is 0 Å². The van der Waals surface area contributed by atoms with Crippen LogP contribution in [0.25, 0.3) is 22.3 Å². The fraction of sp³-hybridized carbons (Fsp3) is 0. The number of hydrogen-bond donors (Lipinski definition) is 1. The molecule has 1 N–H and O–H groups in total. The third-order valence-corrected chi connectivity index (χ3v) is 5.41. The normalized spacial score (nSPS) is 12.7. The van der Waals surface area contributed by atoms with Crippen LogP contribution >= 0.6 is 0 Å². The molecule has 1 heterocycles. The van der Waals surface area contributed by atoms with Gasteiger partial charge in [-0.2, -0.15) is 0 Å². The number of phenolic OH excluding ortho intramolecular Hbond substituents is 1. The second-order valence-corrected chi connectivity index (χ2v) is 10.5. The average molecular weight is 618 g/mol.